The fraction of sp³-hybridized carbons (Fsp3) is 0.0455. The number of aromatic hydroxyl groups is 3. The van der Waals surface area contributed by atoms with Gasteiger partial charge in [-0.15, -0.1) is 11.8 Å². The molecule has 7 nitrogen and oxygen atoms in total. The average molecular weight is 502 g/mol. The minimum atomic E-state index is -0.713. The Morgan fingerprint density at radius 3 is 2.35 bits per heavy atom. The van der Waals surface area contributed by atoms with Crippen LogP contribution in [0.2, 0.25) is 0 Å². The van der Waals surface area contributed by atoms with E-state index in [-0.39, 0.29) is 22.0 Å². The van der Waals surface area contributed by atoms with E-state index in [9.17, 15) is 30.2 Å². The predicted molar refractivity (Wildman–Crippen MR) is 122 cm³/mol. The highest BCUT2D eigenvalue weighted by Crippen LogP contribution is 2.33. The number of thioether (sulfide) groups is 1. The summed E-state index contributed by atoms with van der Waals surface area (Å²) >= 11 is 4.57. The minimum absolute atomic E-state index is 0.0133. The fourth-order valence-corrected chi connectivity index (χ4v) is 3.93. The van der Waals surface area contributed by atoms with Crippen molar-refractivity contribution in [1.82, 2.24) is 0 Å². The van der Waals surface area contributed by atoms with Gasteiger partial charge in [-0.2, -0.15) is 0 Å². The number of hydrogen-bond donors (Lipinski definition) is 3. The maximum atomic E-state index is 13.1. The van der Waals surface area contributed by atoms with Crippen molar-refractivity contribution in [3.63, 3.8) is 0 Å². The molecule has 31 heavy (non-hydrogen) atoms. The second-order valence-corrected chi connectivity index (χ2v) is 8.39. The number of ketones is 1. The lowest BCUT2D eigenvalue weighted by Gasteiger charge is -2.10. The molecule has 3 rings (SSSR count). The molecule has 0 aliphatic heterocycles. The normalized spacial score (nSPS) is 11.3. The highest BCUT2D eigenvalue weighted by Gasteiger charge is 2.19. The first-order valence-electron chi connectivity index (χ1n) is 8.87. The monoisotopic (exact) mass is 501 g/mol. The molecule has 3 N–H and O–H groups in total. The number of carbonyl (C=O) groups excluding carboxylic acids is 1. The van der Waals surface area contributed by atoms with Crippen molar-refractivity contribution in [3.05, 3.63) is 96.8 Å². The zero-order valence-electron chi connectivity index (χ0n) is 15.9. The van der Waals surface area contributed by atoms with Crippen LogP contribution in [0.4, 0.5) is 5.69 Å². The molecule has 0 saturated carbocycles. The zero-order chi connectivity index (χ0) is 22.5. The fourth-order valence-electron chi connectivity index (χ4n) is 2.69. The molecular weight excluding hydrogens is 486 g/mol. The molecule has 0 saturated heterocycles. The molecule has 0 amide bonds. The minimum Gasteiger partial charge on any atom is -0.508 e. The Labute approximate surface area is 190 Å². The summed E-state index contributed by atoms with van der Waals surface area (Å²) in [6.07, 6.45) is 1.46. The molecule has 0 aliphatic carbocycles. The Morgan fingerprint density at radius 2 is 1.71 bits per heavy atom. The largest absolute Gasteiger partial charge is 0.508 e. The molecule has 0 unspecified atom stereocenters. The van der Waals surface area contributed by atoms with Crippen LogP contribution < -0.4 is 0 Å². The summed E-state index contributed by atoms with van der Waals surface area (Å²) in [5.74, 6) is -1.11. The summed E-state index contributed by atoms with van der Waals surface area (Å²) in [6, 6.07) is 15.0. The standard InChI is InChI=1S/C22H16BrNO6S/c23-15-4-1-13(2-5-15)12-31-21(22(28)17-7-6-16(25)11-20(17)27)10-14-3-8-19(26)18(9-14)24(29)30/h1-11,25-27H,12H2/b21-10+. The highest BCUT2D eigenvalue weighted by atomic mass is 79.9. The summed E-state index contributed by atoms with van der Waals surface area (Å²) < 4.78 is 0.915. The number of allylic oxidation sites excluding steroid dienone is 1. The van der Waals surface area contributed by atoms with Gasteiger partial charge < -0.3 is 15.3 Å². The van der Waals surface area contributed by atoms with Crippen molar-refractivity contribution in [1.29, 1.82) is 0 Å². The van der Waals surface area contributed by atoms with Crippen LogP contribution in [0.25, 0.3) is 6.08 Å². The van der Waals surface area contributed by atoms with Gasteiger partial charge in [0.1, 0.15) is 11.5 Å². The van der Waals surface area contributed by atoms with Gasteiger partial charge in [-0.1, -0.05) is 34.1 Å². The van der Waals surface area contributed by atoms with Gasteiger partial charge in [-0.3, -0.25) is 14.9 Å². The van der Waals surface area contributed by atoms with Crippen LogP contribution in [0.1, 0.15) is 21.5 Å². The van der Waals surface area contributed by atoms with E-state index >= 15 is 0 Å². The van der Waals surface area contributed by atoms with Crippen molar-refractivity contribution in [3.8, 4) is 17.2 Å². The molecule has 0 heterocycles. The van der Waals surface area contributed by atoms with Crippen LogP contribution in [-0.2, 0) is 5.75 Å². The molecule has 0 atom stereocenters. The number of phenolic OH excluding ortho intramolecular Hbond substituents is 3. The van der Waals surface area contributed by atoms with Gasteiger partial charge in [0, 0.05) is 22.4 Å². The summed E-state index contributed by atoms with van der Waals surface area (Å²) in [5, 5.41) is 40.4. The first-order valence-corrected chi connectivity index (χ1v) is 10.7. The van der Waals surface area contributed by atoms with Crippen LogP contribution in [0.15, 0.2) is 70.0 Å². The van der Waals surface area contributed by atoms with Crippen LogP contribution in [0.5, 0.6) is 17.2 Å². The van der Waals surface area contributed by atoms with Gasteiger partial charge in [0.15, 0.2) is 5.75 Å². The molecule has 0 fully saturated rings. The van der Waals surface area contributed by atoms with E-state index in [1.54, 1.807) is 0 Å². The van der Waals surface area contributed by atoms with E-state index in [1.807, 2.05) is 24.3 Å². The molecule has 3 aromatic carbocycles. The first-order chi connectivity index (χ1) is 14.7. The smallest absolute Gasteiger partial charge is 0.311 e. The number of rotatable bonds is 7. The third-order valence-electron chi connectivity index (χ3n) is 4.25. The third-order valence-corrected chi connectivity index (χ3v) is 5.87. The lowest BCUT2D eigenvalue weighted by molar-refractivity contribution is -0.385. The number of nitro groups is 1. The van der Waals surface area contributed by atoms with Crippen molar-refractivity contribution in [2.24, 2.45) is 0 Å². The van der Waals surface area contributed by atoms with Gasteiger partial charge >= 0.3 is 5.69 Å². The first kappa shape index (κ1) is 22.4. The van der Waals surface area contributed by atoms with Crippen molar-refractivity contribution in [2.75, 3.05) is 0 Å². The maximum absolute atomic E-state index is 13.1. The third kappa shape index (κ3) is 5.65. The van der Waals surface area contributed by atoms with Gasteiger partial charge in [-0.25, -0.2) is 0 Å². The number of hydrogen-bond acceptors (Lipinski definition) is 7. The highest BCUT2D eigenvalue weighted by molar-refractivity contribution is 9.10. The summed E-state index contributed by atoms with van der Waals surface area (Å²) in [6.45, 7) is 0. The molecule has 0 spiro atoms. The van der Waals surface area contributed by atoms with Crippen molar-refractivity contribution < 1.29 is 25.0 Å². The quantitative estimate of drug-likeness (QED) is 0.166. The number of phenols is 3. The summed E-state index contributed by atoms with van der Waals surface area (Å²) in [4.78, 5) is 23.8. The summed E-state index contributed by atoms with van der Waals surface area (Å²) in [7, 11) is 0. The van der Waals surface area contributed by atoms with Gasteiger partial charge in [0.25, 0.3) is 0 Å². The number of halogens is 1. The number of Topliss-reactive ketones (excluding diaryl/α,β-unsaturated/α-hetero) is 1. The second-order valence-electron chi connectivity index (χ2n) is 6.46. The molecule has 9 heteroatoms. The molecule has 0 bridgehead atoms. The predicted octanol–water partition coefficient (Wildman–Crippen LogP) is 5.63. The number of nitro benzene ring substituents is 1. The van der Waals surface area contributed by atoms with E-state index in [4.69, 9.17) is 0 Å². The Kier molecular flexibility index (Phi) is 6.98. The van der Waals surface area contributed by atoms with Crippen molar-refractivity contribution in [2.45, 2.75) is 5.75 Å². The van der Waals surface area contributed by atoms with Gasteiger partial charge in [-0.05, 0) is 47.5 Å². The molecule has 3 aromatic rings. The Bertz CT molecular complexity index is 1180. The Balaban J connectivity index is 1.99. The zero-order valence-corrected chi connectivity index (χ0v) is 18.3. The van der Waals surface area contributed by atoms with E-state index in [0.717, 1.165) is 16.1 Å². The van der Waals surface area contributed by atoms with Crippen LogP contribution >= 0.6 is 27.7 Å². The molecule has 0 aromatic heterocycles. The lowest BCUT2D eigenvalue weighted by Crippen LogP contribution is -2.02. The van der Waals surface area contributed by atoms with Crippen LogP contribution in [-0.4, -0.2) is 26.0 Å². The van der Waals surface area contributed by atoms with E-state index in [2.05, 4.69) is 15.9 Å². The summed E-state index contributed by atoms with van der Waals surface area (Å²) in [5.41, 5.74) is 0.791. The van der Waals surface area contributed by atoms with E-state index in [1.165, 1.54) is 48.2 Å². The van der Waals surface area contributed by atoms with E-state index in [0.29, 0.717) is 11.3 Å². The number of carbonyl (C=O) groups is 1. The molecule has 0 radical (unpaired) electrons. The topological polar surface area (TPSA) is 121 Å². The number of benzene rings is 3. The second kappa shape index (κ2) is 9.67. The van der Waals surface area contributed by atoms with E-state index < -0.39 is 22.1 Å². The van der Waals surface area contributed by atoms with Crippen molar-refractivity contribution >= 4 is 45.2 Å². The molecule has 158 valence electrons. The average Bonchev–Trinajstić information content (AvgIpc) is 2.73. The van der Waals surface area contributed by atoms with Gasteiger partial charge in [0.05, 0.1) is 15.4 Å². The van der Waals surface area contributed by atoms with Gasteiger partial charge in [0.2, 0.25) is 5.78 Å². The molecular formula is C22H16BrNO6S. The van der Waals surface area contributed by atoms with Crippen LogP contribution in [0, 0.1) is 10.1 Å². The maximum Gasteiger partial charge on any atom is 0.311 e. The van der Waals surface area contributed by atoms with Crippen LogP contribution in [0.3, 0.4) is 0 Å². The Hall–Kier alpha value is -3.30. The SMILES string of the molecule is O=C(/C(=C\c1ccc(O)c([N+](=O)[O-])c1)SCc1ccc(Br)cc1)c1ccc(O)cc1O. The lowest BCUT2D eigenvalue weighted by atomic mass is 10.1. The number of nitrogens with zero attached hydrogens (tertiary/aromatic N) is 1. The Morgan fingerprint density at radius 1 is 1.00 bits per heavy atom. The molecule has 0 aliphatic rings.